The summed E-state index contributed by atoms with van der Waals surface area (Å²) in [6.07, 6.45) is 2.43. The molecule has 0 saturated carbocycles. The van der Waals surface area contributed by atoms with Crippen LogP contribution in [0.15, 0.2) is 36.4 Å². The summed E-state index contributed by atoms with van der Waals surface area (Å²) in [4.78, 5) is 19.9. The van der Waals surface area contributed by atoms with E-state index in [2.05, 4.69) is 16.0 Å². The Bertz CT molecular complexity index is 1230. The Balaban J connectivity index is 1.60. The number of carbonyl (C=O) groups is 1. The van der Waals surface area contributed by atoms with Gasteiger partial charge < -0.3 is 18.8 Å². The van der Waals surface area contributed by atoms with Crippen LogP contribution in [0.4, 0.5) is 5.69 Å². The number of fused-ring (bicyclic) bond motifs is 1. The molecule has 0 aliphatic carbocycles. The van der Waals surface area contributed by atoms with E-state index in [-0.39, 0.29) is 6.54 Å². The maximum absolute atomic E-state index is 13.0. The van der Waals surface area contributed by atoms with E-state index in [9.17, 15) is 13.6 Å². The number of hydrogen-bond donors (Lipinski definition) is 0. The van der Waals surface area contributed by atoms with Gasteiger partial charge in [-0.2, -0.15) is 0 Å². The van der Waals surface area contributed by atoms with Crippen molar-refractivity contribution in [1.29, 1.82) is 0 Å². The van der Waals surface area contributed by atoms with E-state index < -0.39 is 17.2 Å². The third kappa shape index (κ3) is 5.86. The predicted octanol–water partition coefficient (Wildman–Crippen LogP) is 4.31. The molecule has 1 aromatic heterocycles. The van der Waals surface area contributed by atoms with Crippen molar-refractivity contribution in [2.75, 3.05) is 37.7 Å². The van der Waals surface area contributed by atoms with Gasteiger partial charge in [-0.1, -0.05) is 37.4 Å². The fourth-order valence-electron chi connectivity index (χ4n) is 4.32. The summed E-state index contributed by atoms with van der Waals surface area (Å²) in [5, 5.41) is 0.659. The van der Waals surface area contributed by atoms with Gasteiger partial charge in [0.2, 0.25) is 0 Å². The molecular weight excluding hydrogens is 488 g/mol. The summed E-state index contributed by atoms with van der Waals surface area (Å²) in [7, 11) is 0. The molecule has 1 saturated heterocycles. The molecule has 35 heavy (non-hydrogen) atoms. The molecule has 1 atom stereocenters. The maximum Gasteiger partial charge on any atom is 0.264 e. The van der Waals surface area contributed by atoms with Crippen LogP contribution in [-0.2, 0) is 22.5 Å². The summed E-state index contributed by atoms with van der Waals surface area (Å²) < 4.78 is 31.8. The summed E-state index contributed by atoms with van der Waals surface area (Å²) >= 11 is 4.04. The molecular formula is C25H30ClN4O4S-. The van der Waals surface area contributed by atoms with E-state index in [1.54, 1.807) is 18.2 Å². The number of amides is 1. The van der Waals surface area contributed by atoms with E-state index in [0.717, 1.165) is 58.3 Å². The SMILES string of the molecule is CCCCCN(C(=O)c1ccc2nc(C)n(Cc3ccc(N4CCOCC4)cc3Cl)c2c1)S(=O)[O-]. The van der Waals surface area contributed by atoms with Crippen LogP contribution in [0.2, 0.25) is 5.02 Å². The fraction of sp³-hybridized carbons (Fsp3) is 0.440. The van der Waals surface area contributed by atoms with Crippen molar-refractivity contribution in [2.45, 2.75) is 39.7 Å². The molecule has 4 rings (SSSR count). The molecule has 2 aromatic carbocycles. The lowest BCUT2D eigenvalue weighted by molar-refractivity contribution is 0.0857. The second kappa shape index (κ2) is 11.5. The fourth-order valence-corrected chi connectivity index (χ4v) is 5.08. The third-order valence-electron chi connectivity index (χ3n) is 6.30. The second-order valence-electron chi connectivity index (χ2n) is 8.66. The number of anilines is 1. The molecule has 0 spiro atoms. The van der Waals surface area contributed by atoms with Crippen LogP contribution in [0.1, 0.15) is 47.9 Å². The molecule has 1 aliphatic rings. The number of benzene rings is 2. The number of morpholine rings is 1. The van der Waals surface area contributed by atoms with Crippen LogP contribution < -0.4 is 4.90 Å². The lowest BCUT2D eigenvalue weighted by atomic mass is 10.1. The Hall–Kier alpha value is -2.46. The minimum Gasteiger partial charge on any atom is -0.755 e. The Morgan fingerprint density at radius 3 is 2.66 bits per heavy atom. The first-order valence-corrected chi connectivity index (χ1v) is 13.3. The molecule has 1 fully saturated rings. The largest absolute Gasteiger partial charge is 0.755 e. The van der Waals surface area contributed by atoms with Crippen LogP contribution in [0.5, 0.6) is 0 Å². The molecule has 188 valence electrons. The number of rotatable bonds is 9. The molecule has 3 aromatic rings. The van der Waals surface area contributed by atoms with Gasteiger partial charge in [0.25, 0.3) is 5.91 Å². The lowest BCUT2D eigenvalue weighted by Gasteiger charge is -2.29. The predicted molar refractivity (Wildman–Crippen MR) is 138 cm³/mol. The van der Waals surface area contributed by atoms with Crippen molar-refractivity contribution in [3.8, 4) is 0 Å². The number of halogens is 1. The molecule has 0 N–H and O–H groups in total. The molecule has 0 bridgehead atoms. The highest BCUT2D eigenvalue weighted by Crippen LogP contribution is 2.27. The molecule has 2 heterocycles. The average molecular weight is 518 g/mol. The summed E-state index contributed by atoms with van der Waals surface area (Å²) in [5.41, 5.74) is 3.81. The smallest absolute Gasteiger partial charge is 0.264 e. The van der Waals surface area contributed by atoms with Crippen molar-refractivity contribution < 1.29 is 18.3 Å². The van der Waals surface area contributed by atoms with Gasteiger partial charge in [-0.15, -0.1) is 0 Å². The van der Waals surface area contributed by atoms with Crippen LogP contribution in [-0.4, -0.2) is 61.4 Å². The van der Waals surface area contributed by atoms with E-state index in [0.29, 0.717) is 36.8 Å². The summed E-state index contributed by atoms with van der Waals surface area (Å²) in [5.74, 6) is 0.250. The standard InChI is InChI=1S/C25H31ClN4O4S/c1-3-4-5-10-30(35(32)33)25(31)19-7-9-23-24(15-19)29(18(2)27-23)17-20-6-8-21(16-22(20)26)28-11-13-34-14-12-28/h6-9,15-16H,3-5,10-14,17H2,1-2H3,(H,32,33)/p-1. The quantitative estimate of drug-likeness (QED) is 0.310. The zero-order chi connectivity index (χ0) is 24.9. The molecule has 8 nitrogen and oxygen atoms in total. The number of hydrogen-bond acceptors (Lipinski definition) is 6. The molecule has 1 unspecified atom stereocenters. The zero-order valence-electron chi connectivity index (χ0n) is 20.0. The average Bonchev–Trinajstić information content (AvgIpc) is 3.17. The number of imidazole rings is 1. The van der Waals surface area contributed by atoms with Crippen molar-refractivity contribution in [2.24, 2.45) is 0 Å². The number of nitrogens with zero attached hydrogens (tertiary/aromatic N) is 4. The van der Waals surface area contributed by atoms with Gasteiger partial charge >= 0.3 is 0 Å². The molecule has 10 heteroatoms. The summed E-state index contributed by atoms with van der Waals surface area (Å²) in [6.45, 7) is 7.66. The molecule has 1 amide bonds. The minimum atomic E-state index is -2.63. The first kappa shape index (κ1) is 25.6. The van der Waals surface area contributed by atoms with E-state index in [1.807, 2.05) is 30.5 Å². The van der Waals surface area contributed by atoms with Crippen LogP contribution in [0.3, 0.4) is 0 Å². The highest BCUT2D eigenvalue weighted by molar-refractivity contribution is 7.77. The van der Waals surface area contributed by atoms with Gasteiger partial charge in [0.15, 0.2) is 0 Å². The number of ether oxygens (including phenoxy) is 1. The first-order valence-electron chi connectivity index (χ1n) is 11.9. The van der Waals surface area contributed by atoms with Gasteiger partial charge in [0.1, 0.15) is 5.82 Å². The Labute approximate surface area is 213 Å². The van der Waals surface area contributed by atoms with Gasteiger partial charge in [0, 0.05) is 47.2 Å². The maximum atomic E-state index is 13.0. The van der Waals surface area contributed by atoms with Crippen molar-refractivity contribution in [1.82, 2.24) is 13.9 Å². The van der Waals surface area contributed by atoms with Crippen LogP contribution >= 0.6 is 11.6 Å². The molecule has 0 radical (unpaired) electrons. The number of unbranched alkanes of at least 4 members (excludes halogenated alkanes) is 2. The van der Waals surface area contributed by atoms with Crippen molar-refractivity contribution >= 4 is 45.5 Å². The van der Waals surface area contributed by atoms with Crippen molar-refractivity contribution in [3.05, 3.63) is 58.4 Å². The second-order valence-corrected chi connectivity index (χ2v) is 9.94. The third-order valence-corrected chi connectivity index (χ3v) is 7.36. The monoisotopic (exact) mass is 517 g/mol. The Morgan fingerprint density at radius 2 is 1.97 bits per heavy atom. The van der Waals surface area contributed by atoms with E-state index >= 15 is 0 Å². The normalized spacial score (nSPS) is 14.9. The van der Waals surface area contributed by atoms with Crippen LogP contribution in [0, 0.1) is 6.92 Å². The number of aryl methyl sites for hydroxylation is 1. The Morgan fingerprint density at radius 1 is 1.20 bits per heavy atom. The van der Waals surface area contributed by atoms with E-state index in [4.69, 9.17) is 16.3 Å². The summed E-state index contributed by atoms with van der Waals surface area (Å²) in [6, 6.07) is 11.2. The number of aromatic nitrogens is 2. The van der Waals surface area contributed by atoms with E-state index in [1.165, 1.54) is 0 Å². The van der Waals surface area contributed by atoms with Gasteiger partial charge in [-0.05, 0) is 49.2 Å². The van der Waals surface area contributed by atoms with Gasteiger partial charge in [0.05, 0.1) is 30.8 Å². The molecule has 1 aliphatic heterocycles. The minimum absolute atomic E-state index is 0.171. The highest BCUT2D eigenvalue weighted by atomic mass is 35.5. The Kier molecular flexibility index (Phi) is 8.43. The number of carbonyl (C=O) groups excluding carboxylic acids is 1. The van der Waals surface area contributed by atoms with Crippen LogP contribution in [0.25, 0.3) is 11.0 Å². The lowest BCUT2D eigenvalue weighted by Crippen LogP contribution is -2.36. The highest BCUT2D eigenvalue weighted by Gasteiger charge is 2.19. The van der Waals surface area contributed by atoms with Gasteiger partial charge in [-0.25, -0.2) is 4.98 Å². The topological polar surface area (TPSA) is 90.7 Å². The van der Waals surface area contributed by atoms with Gasteiger partial charge in [-0.3, -0.25) is 13.3 Å². The zero-order valence-corrected chi connectivity index (χ0v) is 21.6. The van der Waals surface area contributed by atoms with Crippen molar-refractivity contribution in [3.63, 3.8) is 0 Å². The first-order chi connectivity index (χ1) is 16.9.